The number of ether oxygens (including phenoxy) is 1. The van der Waals surface area contributed by atoms with Gasteiger partial charge in [-0.15, -0.1) is 0 Å². The number of nitrogens with one attached hydrogen (secondary N) is 1. The molecule has 1 heterocycles. The first-order valence-corrected chi connectivity index (χ1v) is 9.15. The van der Waals surface area contributed by atoms with E-state index in [-0.39, 0.29) is 5.91 Å². The van der Waals surface area contributed by atoms with Crippen LogP contribution in [-0.2, 0) is 16.0 Å². The van der Waals surface area contributed by atoms with Crippen molar-refractivity contribution in [1.29, 1.82) is 0 Å². The van der Waals surface area contributed by atoms with Crippen LogP contribution in [-0.4, -0.2) is 28.3 Å². The number of rotatable bonds is 6. The van der Waals surface area contributed by atoms with Crippen molar-refractivity contribution in [3.63, 3.8) is 0 Å². The molecular weight excluding hydrogens is 354 g/mol. The highest BCUT2D eigenvalue weighted by Crippen LogP contribution is 2.19. The number of carbonyl (C=O) groups excluding carboxylic acids is 2. The Morgan fingerprint density at radius 1 is 1.11 bits per heavy atom. The summed E-state index contributed by atoms with van der Waals surface area (Å²) in [6.07, 6.45) is 1.80. The summed E-state index contributed by atoms with van der Waals surface area (Å²) in [5, 5.41) is 7.20. The molecule has 1 amide bonds. The van der Waals surface area contributed by atoms with Gasteiger partial charge in [0.05, 0.1) is 30.6 Å². The summed E-state index contributed by atoms with van der Waals surface area (Å²) in [6, 6.07) is 15.2. The van der Waals surface area contributed by atoms with Crippen LogP contribution in [0.5, 0.6) is 0 Å². The minimum Gasteiger partial charge on any atom is -0.462 e. The van der Waals surface area contributed by atoms with Gasteiger partial charge in [0.2, 0.25) is 5.91 Å². The van der Waals surface area contributed by atoms with Crippen LogP contribution in [0.2, 0.25) is 0 Å². The Morgan fingerprint density at radius 2 is 1.86 bits per heavy atom. The minimum absolute atomic E-state index is 0.0922. The van der Waals surface area contributed by atoms with E-state index in [1.807, 2.05) is 62.4 Å². The standard InChI is InChI=1S/C22H23N3O3/c1-4-28-22(27)20-14-23-25(16(20)3)19-7-5-6-18(13-19)24-21(26)12-17-10-8-15(2)9-11-17/h5-11,13-14H,4,12H2,1-3H3,(H,24,26). The third-order valence-electron chi connectivity index (χ3n) is 4.36. The van der Waals surface area contributed by atoms with Crippen LogP contribution in [0.15, 0.2) is 54.7 Å². The van der Waals surface area contributed by atoms with Gasteiger partial charge in [-0.05, 0) is 44.5 Å². The number of esters is 1. The third-order valence-corrected chi connectivity index (χ3v) is 4.36. The first-order chi connectivity index (χ1) is 13.5. The smallest absolute Gasteiger partial charge is 0.341 e. The summed E-state index contributed by atoms with van der Waals surface area (Å²) in [5.41, 5.74) is 4.65. The van der Waals surface area contributed by atoms with Crippen molar-refractivity contribution in [3.05, 3.63) is 77.1 Å². The summed E-state index contributed by atoms with van der Waals surface area (Å²) < 4.78 is 6.70. The van der Waals surface area contributed by atoms with Crippen LogP contribution in [0.25, 0.3) is 5.69 Å². The number of carbonyl (C=O) groups is 2. The molecule has 0 saturated carbocycles. The number of aromatic nitrogens is 2. The molecular formula is C22H23N3O3. The Labute approximate surface area is 164 Å². The van der Waals surface area contributed by atoms with Crippen LogP contribution < -0.4 is 5.32 Å². The molecule has 3 rings (SSSR count). The summed E-state index contributed by atoms with van der Waals surface area (Å²) >= 11 is 0. The molecule has 6 heteroatoms. The zero-order chi connectivity index (χ0) is 20.1. The van der Waals surface area contributed by atoms with Gasteiger partial charge in [-0.1, -0.05) is 35.9 Å². The second-order valence-electron chi connectivity index (χ2n) is 6.54. The van der Waals surface area contributed by atoms with Crippen molar-refractivity contribution in [3.8, 4) is 5.69 Å². The summed E-state index contributed by atoms with van der Waals surface area (Å²) in [5.74, 6) is -0.487. The fourth-order valence-electron chi connectivity index (χ4n) is 2.89. The van der Waals surface area contributed by atoms with Crippen LogP contribution >= 0.6 is 0 Å². The lowest BCUT2D eigenvalue weighted by molar-refractivity contribution is -0.115. The van der Waals surface area contributed by atoms with Gasteiger partial charge < -0.3 is 10.1 Å². The fourth-order valence-corrected chi connectivity index (χ4v) is 2.89. The highest BCUT2D eigenvalue weighted by molar-refractivity contribution is 5.92. The Hall–Kier alpha value is -3.41. The Morgan fingerprint density at radius 3 is 2.57 bits per heavy atom. The molecule has 0 bridgehead atoms. The van der Waals surface area contributed by atoms with Crippen LogP contribution in [0.1, 0.15) is 34.1 Å². The first kappa shape index (κ1) is 19.4. The second kappa shape index (κ2) is 8.52. The van der Waals surface area contributed by atoms with E-state index in [4.69, 9.17) is 4.74 Å². The van der Waals surface area contributed by atoms with Crippen molar-refractivity contribution < 1.29 is 14.3 Å². The molecule has 0 aliphatic rings. The summed E-state index contributed by atoms with van der Waals surface area (Å²) in [6.45, 7) is 5.90. The Bertz CT molecular complexity index is 991. The van der Waals surface area contributed by atoms with Gasteiger partial charge in [0.15, 0.2) is 0 Å². The molecule has 0 aliphatic heterocycles. The molecule has 0 spiro atoms. The lowest BCUT2D eigenvalue weighted by Gasteiger charge is -2.09. The predicted molar refractivity (Wildman–Crippen MR) is 108 cm³/mol. The quantitative estimate of drug-likeness (QED) is 0.662. The Balaban J connectivity index is 1.74. The average molecular weight is 377 g/mol. The van der Waals surface area contributed by atoms with Gasteiger partial charge in [-0.25, -0.2) is 9.48 Å². The number of nitrogens with zero attached hydrogens (tertiary/aromatic N) is 2. The van der Waals surface area contributed by atoms with Crippen molar-refractivity contribution in [2.24, 2.45) is 0 Å². The number of amides is 1. The number of hydrogen-bond acceptors (Lipinski definition) is 4. The van der Waals surface area contributed by atoms with Crippen LogP contribution in [0, 0.1) is 13.8 Å². The van der Waals surface area contributed by atoms with Crippen LogP contribution in [0.3, 0.4) is 0 Å². The molecule has 2 aromatic carbocycles. The molecule has 1 N–H and O–H groups in total. The van der Waals surface area contributed by atoms with E-state index in [0.29, 0.717) is 30.0 Å². The predicted octanol–water partition coefficient (Wildman–Crippen LogP) is 3.85. The van der Waals surface area contributed by atoms with Crippen molar-refractivity contribution >= 4 is 17.6 Å². The van der Waals surface area contributed by atoms with E-state index in [0.717, 1.165) is 16.8 Å². The monoisotopic (exact) mass is 377 g/mol. The largest absolute Gasteiger partial charge is 0.462 e. The molecule has 0 atom stereocenters. The van der Waals surface area contributed by atoms with Crippen molar-refractivity contribution in [2.45, 2.75) is 27.2 Å². The first-order valence-electron chi connectivity index (χ1n) is 9.15. The molecule has 0 radical (unpaired) electrons. The molecule has 28 heavy (non-hydrogen) atoms. The van der Waals surface area contributed by atoms with Gasteiger partial charge in [-0.2, -0.15) is 5.10 Å². The molecule has 6 nitrogen and oxygen atoms in total. The molecule has 144 valence electrons. The maximum absolute atomic E-state index is 12.4. The van der Waals surface area contributed by atoms with Gasteiger partial charge in [0.25, 0.3) is 0 Å². The second-order valence-corrected chi connectivity index (χ2v) is 6.54. The molecule has 0 unspecified atom stereocenters. The van der Waals surface area contributed by atoms with E-state index in [9.17, 15) is 9.59 Å². The lowest BCUT2D eigenvalue weighted by Crippen LogP contribution is -2.14. The summed E-state index contributed by atoms with van der Waals surface area (Å²) in [7, 11) is 0. The summed E-state index contributed by atoms with van der Waals surface area (Å²) in [4.78, 5) is 24.3. The normalized spacial score (nSPS) is 10.5. The number of benzene rings is 2. The molecule has 0 fully saturated rings. The number of hydrogen-bond donors (Lipinski definition) is 1. The van der Waals surface area contributed by atoms with Gasteiger partial charge >= 0.3 is 5.97 Å². The van der Waals surface area contributed by atoms with Crippen molar-refractivity contribution in [2.75, 3.05) is 11.9 Å². The average Bonchev–Trinajstić information content (AvgIpc) is 3.05. The molecule has 0 aliphatic carbocycles. The van der Waals surface area contributed by atoms with E-state index in [1.54, 1.807) is 11.6 Å². The van der Waals surface area contributed by atoms with E-state index in [2.05, 4.69) is 10.4 Å². The topological polar surface area (TPSA) is 73.2 Å². The maximum atomic E-state index is 12.4. The van der Waals surface area contributed by atoms with E-state index < -0.39 is 5.97 Å². The number of anilines is 1. The zero-order valence-electron chi connectivity index (χ0n) is 16.2. The molecule has 3 aromatic rings. The molecule has 1 aromatic heterocycles. The highest BCUT2D eigenvalue weighted by Gasteiger charge is 2.16. The number of aryl methyl sites for hydroxylation is 1. The highest BCUT2D eigenvalue weighted by atomic mass is 16.5. The van der Waals surface area contributed by atoms with Gasteiger partial charge in [-0.3, -0.25) is 4.79 Å². The van der Waals surface area contributed by atoms with Gasteiger partial charge in [0.1, 0.15) is 5.56 Å². The SMILES string of the molecule is CCOC(=O)c1cnn(-c2cccc(NC(=O)Cc3ccc(C)cc3)c2)c1C. The Kier molecular flexibility index (Phi) is 5.89. The van der Waals surface area contributed by atoms with Crippen molar-refractivity contribution in [1.82, 2.24) is 9.78 Å². The third kappa shape index (κ3) is 4.46. The molecule has 0 saturated heterocycles. The van der Waals surface area contributed by atoms with Gasteiger partial charge in [0, 0.05) is 5.69 Å². The lowest BCUT2D eigenvalue weighted by atomic mass is 10.1. The van der Waals surface area contributed by atoms with E-state index in [1.165, 1.54) is 6.20 Å². The van der Waals surface area contributed by atoms with E-state index >= 15 is 0 Å². The fraction of sp³-hybridized carbons (Fsp3) is 0.227. The maximum Gasteiger partial charge on any atom is 0.341 e. The zero-order valence-corrected chi connectivity index (χ0v) is 16.2. The van der Waals surface area contributed by atoms with Crippen LogP contribution in [0.4, 0.5) is 5.69 Å². The minimum atomic E-state index is -0.395.